The third-order valence-corrected chi connectivity index (χ3v) is 11.3. The maximum Gasteiger partial charge on any atom is 0.160 e. The summed E-state index contributed by atoms with van der Waals surface area (Å²) in [6.07, 6.45) is 0. The first-order chi connectivity index (χ1) is 24.8. The highest BCUT2D eigenvalue weighted by Crippen LogP contribution is 2.42. The van der Waals surface area contributed by atoms with E-state index in [1.807, 2.05) is 0 Å². The molecule has 50 heavy (non-hydrogen) atoms. The van der Waals surface area contributed by atoms with Gasteiger partial charge in [-0.3, -0.25) is 0 Å². The van der Waals surface area contributed by atoms with Crippen LogP contribution in [-0.4, -0.2) is 14.5 Å². The second-order valence-electron chi connectivity index (χ2n) is 13.0. The molecule has 0 atom stereocenters. The van der Waals surface area contributed by atoms with Crippen LogP contribution in [0.1, 0.15) is 0 Å². The van der Waals surface area contributed by atoms with Crippen molar-refractivity contribution in [3.63, 3.8) is 0 Å². The molecule has 11 rings (SSSR count). The van der Waals surface area contributed by atoms with Crippen LogP contribution in [-0.2, 0) is 0 Å². The highest BCUT2D eigenvalue weighted by Gasteiger charge is 2.20. The standard InChI is InChI=1S/C46H27N3S/c1-2-13-31-26-32(21-20-28(31)10-1)43-45-44(37-18-7-8-19-40(37)50-45)48-46(47-43)33-14-9-15-34(27-33)49-38-24-22-29-11-3-5-16-35(29)41(38)42-36-17-6-4-12-30(36)23-25-39(42)49/h1-27H. The van der Waals surface area contributed by atoms with Crippen LogP contribution >= 0.6 is 11.3 Å². The average molecular weight is 654 g/mol. The molecule has 3 heterocycles. The van der Waals surface area contributed by atoms with Gasteiger partial charge in [0.2, 0.25) is 0 Å². The third kappa shape index (κ3) is 4.03. The van der Waals surface area contributed by atoms with Gasteiger partial charge in [0.25, 0.3) is 0 Å². The van der Waals surface area contributed by atoms with E-state index in [-0.39, 0.29) is 0 Å². The quantitative estimate of drug-likeness (QED) is 0.190. The van der Waals surface area contributed by atoms with E-state index in [0.717, 1.165) is 43.9 Å². The van der Waals surface area contributed by atoms with E-state index in [9.17, 15) is 0 Å². The first-order valence-corrected chi connectivity index (χ1v) is 17.7. The molecule has 0 unspecified atom stereocenters. The lowest BCUT2D eigenvalue weighted by Crippen LogP contribution is -1.97. The molecule has 0 N–H and O–H groups in total. The first-order valence-electron chi connectivity index (χ1n) is 16.9. The van der Waals surface area contributed by atoms with Crippen molar-refractivity contribution in [2.45, 2.75) is 0 Å². The summed E-state index contributed by atoms with van der Waals surface area (Å²) in [5, 5.41) is 11.2. The maximum absolute atomic E-state index is 5.36. The lowest BCUT2D eigenvalue weighted by Gasteiger charge is -2.12. The highest BCUT2D eigenvalue weighted by atomic mass is 32.1. The Hall–Kier alpha value is -6.36. The van der Waals surface area contributed by atoms with Crippen molar-refractivity contribution in [2.75, 3.05) is 0 Å². The van der Waals surface area contributed by atoms with Crippen LogP contribution < -0.4 is 0 Å². The number of nitrogens with zero attached hydrogens (tertiary/aromatic N) is 3. The highest BCUT2D eigenvalue weighted by molar-refractivity contribution is 7.26. The van der Waals surface area contributed by atoms with E-state index in [1.165, 1.54) is 58.8 Å². The Morgan fingerprint density at radius 2 is 1.06 bits per heavy atom. The Balaban J connectivity index is 1.18. The zero-order valence-electron chi connectivity index (χ0n) is 26.8. The molecule has 232 valence electrons. The van der Waals surface area contributed by atoms with Crippen LogP contribution in [0.4, 0.5) is 0 Å². The SMILES string of the molecule is c1cc(-c2nc(-c3ccc4ccccc4c3)c3sc4ccccc4c3n2)cc(-n2c3ccc4ccccc4c3c3c4ccccc4ccc32)c1. The number of benzene rings is 8. The molecule has 0 saturated carbocycles. The van der Waals surface area contributed by atoms with Gasteiger partial charge < -0.3 is 4.57 Å². The van der Waals surface area contributed by atoms with Crippen LogP contribution in [0.2, 0.25) is 0 Å². The Morgan fingerprint density at radius 1 is 0.440 bits per heavy atom. The van der Waals surface area contributed by atoms with Crippen molar-refractivity contribution >= 4 is 85.8 Å². The number of fused-ring (bicyclic) bond motifs is 11. The van der Waals surface area contributed by atoms with Gasteiger partial charge in [0.15, 0.2) is 5.82 Å². The van der Waals surface area contributed by atoms with Crippen LogP contribution in [0.3, 0.4) is 0 Å². The number of hydrogen-bond donors (Lipinski definition) is 0. The van der Waals surface area contributed by atoms with Crippen molar-refractivity contribution in [3.8, 4) is 28.3 Å². The molecule has 0 saturated heterocycles. The summed E-state index contributed by atoms with van der Waals surface area (Å²) in [7, 11) is 0. The molecule has 3 aromatic heterocycles. The molecular weight excluding hydrogens is 627 g/mol. The smallest absolute Gasteiger partial charge is 0.160 e. The lowest BCUT2D eigenvalue weighted by molar-refractivity contribution is 1.17. The van der Waals surface area contributed by atoms with E-state index in [0.29, 0.717) is 0 Å². The van der Waals surface area contributed by atoms with Gasteiger partial charge in [0.05, 0.1) is 26.9 Å². The number of rotatable bonds is 3. The second-order valence-corrected chi connectivity index (χ2v) is 14.0. The molecule has 8 aromatic carbocycles. The van der Waals surface area contributed by atoms with Gasteiger partial charge in [-0.25, -0.2) is 9.97 Å². The molecule has 0 bridgehead atoms. The van der Waals surface area contributed by atoms with E-state index >= 15 is 0 Å². The molecule has 0 amide bonds. The molecule has 0 fully saturated rings. The van der Waals surface area contributed by atoms with Crippen molar-refractivity contribution in [3.05, 3.63) is 164 Å². The zero-order valence-corrected chi connectivity index (χ0v) is 27.7. The van der Waals surface area contributed by atoms with Crippen molar-refractivity contribution in [1.29, 1.82) is 0 Å². The fourth-order valence-corrected chi connectivity index (χ4v) is 9.02. The predicted molar refractivity (Wildman–Crippen MR) is 213 cm³/mol. The Morgan fingerprint density at radius 3 is 1.80 bits per heavy atom. The molecule has 0 aliphatic carbocycles. The first kappa shape index (κ1) is 27.6. The fourth-order valence-electron chi connectivity index (χ4n) is 7.86. The van der Waals surface area contributed by atoms with E-state index in [2.05, 4.69) is 168 Å². The molecule has 11 aromatic rings. The van der Waals surface area contributed by atoms with Crippen molar-refractivity contribution in [1.82, 2.24) is 14.5 Å². The molecule has 0 radical (unpaired) electrons. The number of thiophene rings is 1. The predicted octanol–water partition coefficient (Wildman–Crippen LogP) is 12.7. The topological polar surface area (TPSA) is 30.7 Å². The summed E-state index contributed by atoms with van der Waals surface area (Å²) in [6, 6.07) is 58.9. The van der Waals surface area contributed by atoms with E-state index < -0.39 is 0 Å². The molecule has 0 aliphatic heterocycles. The summed E-state index contributed by atoms with van der Waals surface area (Å²) in [6.45, 7) is 0. The zero-order chi connectivity index (χ0) is 32.8. The summed E-state index contributed by atoms with van der Waals surface area (Å²) in [5.41, 5.74) is 7.50. The van der Waals surface area contributed by atoms with Crippen LogP contribution in [0.15, 0.2) is 164 Å². The maximum atomic E-state index is 5.36. The van der Waals surface area contributed by atoms with Crippen LogP contribution in [0, 0.1) is 0 Å². The monoisotopic (exact) mass is 653 g/mol. The van der Waals surface area contributed by atoms with Gasteiger partial charge in [0.1, 0.15) is 0 Å². The minimum absolute atomic E-state index is 0.725. The Labute approximate surface area is 291 Å². The molecule has 4 heteroatoms. The van der Waals surface area contributed by atoms with Crippen molar-refractivity contribution < 1.29 is 0 Å². The number of hydrogen-bond acceptors (Lipinski definition) is 3. The molecular formula is C46H27N3S. The molecule has 0 spiro atoms. The molecule has 0 aliphatic rings. The summed E-state index contributed by atoms with van der Waals surface area (Å²) < 4.78 is 4.74. The minimum atomic E-state index is 0.725. The van der Waals surface area contributed by atoms with Gasteiger partial charge in [-0.1, -0.05) is 127 Å². The van der Waals surface area contributed by atoms with Gasteiger partial charge >= 0.3 is 0 Å². The van der Waals surface area contributed by atoms with Gasteiger partial charge in [-0.2, -0.15) is 0 Å². The Kier molecular flexibility index (Phi) is 5.83. The summed E-state index contributed by atoms with van der Waals surface area (Å²) >= 11 is 1.77. The fraction of sp³-hybridized carbons (Fsp3) is 0. The van der Waals surface area contributed by atoms with Crippen LogP contribution in [0.5, 0.6) is 0 Å². The Bertz CT molecular complexity index is 3070. The van der Waals surface area contributed by atoms with Gasteiger partial charge in [-0.05, 0) is 68.7 Å². The largest absolute Gasteiger partial charge is 0.309 e. The van der Waals surface area contributed by atoms with E-state index in [4.69, 9.17) is 9.97 Å². The minimum Gasteiger partial charge on any atom is -0.309 e. The second kappa shape index (κ2) is 10.6. The molecule has 3 nitrogen and oxygen atoms in total. The lowest BCUT2D eigenvalue weighted by atomic mass is 10.00. The third-order valence-electron chi connectivity index (χ3n) is 10.2. The summed E-state index contributed by atoms with van der Waals surface area (Å²) in [4.78, 5) is 10.7. The number of aromatic nitrogens is 3. The normalized spacial score (nSPS) is 12.0. The van der Waals surface area contributed by atoms with Gasteiger partial charge in [0, 0.05) is 37.7 Å². The van der Waals surface area contributed by atoms with Crippen LogP contribution in [0.25, 0.3) is 103 Å². The van der Waals surface area contributed by atoms with Gasteiger partial charge in [-0.15, -0.1) is 11.3 Å². The van der Waals surface area contributed by atoms with E-state index in [1.54, 1.807) is 11.3 Å². The summed E-state index contributed by atoms with van der Waals surface area (Å²) in [5.74, 6) is 0.725. The average Bonchev–Trinajstić information content (AvgIpc) is 3.74. The van der Waals surface area contributed by atoms with Crippen molar-refractivity contribution in [2.24, 2.45) is 0 Å².